The van der Waals surface area contributed by atoms with Gasteiger partial charge in [-0.3, -0.25) is 14.9 Å². The predicted octanol–water partition coefficient (Wildman–Crippen LogP) is 0.902. The molecular formula is C12H12N2O6S. The number of hydrogen-bond acceptors (Lipinski definition) is 5. The summed E-state index contributed by atoms with van der Waals surface area (Å²) in [6, 6.07) is 3.85. The van der Waals surface area contributed by atoms with Crippen LogP contribution in [0.2, 0.25) is 0 Å². The van der Waals surface area contributed by atoms with Crippen LogP contribution in [0.3, 0.4) is 0 Å². The number of non-ortho nitro benzene ring substituents is 1. The molecule has 0 aliphatic heterocycles. The zero-order chi connectivity index (χ0) is 15.6. The lowest BCUT2D eigenvalue weighted by atomic mass is 10.1. The quantitative estimate of drug-likeness (QED) is 0.472. The van der Waals surface area contributed by atoms with Crippen LogP contribution in [0.4, 0.5) is 5.69 Å². The van der Waals surface area contributed by atoms with Crippen molar-refractivity contribution in [2.45, 2.75) is 17.4 Å². The summed E-state index contributed by atoms with van der Waals surface area (Å²) in [7, 11) is -3.85. The first-order chi connectivity index (χ1) is 9.79. The SMILES string of the molecule is O=C(O)C1C=CC(NS(=O)(=O)c2ccc([N+](=O)[O-])cc2)C1. The van der Waals surface area contributed by atoms with E-state index in [0.717, 1.165) is 24.3 Å². The van der Waals surface area contributed by atoms with Crippen LogP contribution >= 0.6 is 0 Å². The Kier molecular flexibility index (Phi) is 4.05. The molecule has 0 saturated heterocycles. The zero-order valence-corrected chi connectivity index (χ0v) is 11.5. The Hall–Kier alpha value is -2.26. The summed E-state index contributed by atoms with van der Waals surface area (Å²) >= 11 is 0. The molecule has 21 heavy (non-hydrogen) atoms. The smallest absolute Gasteiger partial charge is 0.310 e. The van der Waals surface area contributed by atoms with Crippen LogP contribution in [0, 0.1) is 16.0 Å². The van der Waals surface area contributed by atoms with Crippen LogP contribution < -0.4 is 4.72 Å². The lowest BCUT2D eigenvalue weighted by molar-refractivity contribution is -0.384. The molecule has 2 rings (SSSR count). The van der Waals surface area contributed by atoms with Crippen molar-refractivity contribution in [3.63, 3.8) is 0 Å². The van der Waals surface area contributed by atoms with E-state index in [2.05, 4.69) is 4.72 Å². The number of sulfonamides is 1. The van der Waals surface area contributed by atoms with Crippen molar-refractivity contribution < 1.29 is 23.2 Å². The summed E-state index contributed by atoms with van der Waals surface area (Å²) in [6.45, 7) is 0. The van der Waals surface area contributed by atoms with Crippen LogP contribution in [0.1, 0.15) is 6.42 Å². The lowest BCUT2D eigenvalue weighted by Gasteiger charge is -2.12. The molecule has 1 aromatic carbocycles. The van der Waals surface area contributed by atoms with Crippen LogP contribution in [0.5, 0.6) is 0 Å². The van der Waals surface area contributed by atoms with Gasteiger partial charge in [0.2, 0.25) is 10.0 Å². The molecule has 0 spiro atoms. The molecule has 9 heteroatoms. The first-order valence-electron chi connectivity index (χ1n) is 5.97. The topological polar surface area (TPSA) is 127 Å². The summed E-state index contributed by atoms with van der Waals surface area (Å²) < 4.78 is 26.5. The van der Waals surface area contributed by atoms with Gasteiger partial charge in [-0.15, -0.1) is 0 Å². The molecule has 2 unspecified atom stereocenters. The van der Waals surface area contributed by atoms with Gasteiger partial charge in [-0.25, -0.2) is 13.1 Å². The van der Waals surface area contributed by atoms with Crippen molar-refractivity contribution in [2.75, 3.05) is 0 Å². The molecule has 1 aliphatic carbocycles. The van der Waals surface area contributed by atoms with Gasteiger partial charge in [0.15, 0.2) is 0 Å². The van der Waals surface area contributed by atoms with Crippen LogP contribution in [-0.4, -0.2) is 30.5 Å². The number of hydrogen-bond donors (Lipinski definition) is 2. The molecule has 2 atom stereocenters. The third-order valence-electron chi connectivity index (χ3n) is 3.07. The number of rotatable bonds is 5. The van der Waals surface area contributed by atoms with Crippen molar-refractivity contribution in [3.8, 4) is 0 Å². The Labute approximate surface area is 120 Å². The maximum Gasteiger partial charge on any atom is 0.310 e. The fraction of sp³-hybridized carbons (Fsp3) is 0.250. The summed E-state index contributed by atoms with van der Waals surface area (Å²) in [4.78, 5) is 20.6. The van der Waals surface area contributed by atoms with Gasteiger partial charge in [0.05, 0.1) is 15.7 Å². The number of carbonyl (C=O) groups is 1. The predicted molar refractivity (Wildman–Crippen MR) is 72.1 cm³/mol. The van der Waals surface area contributed by atoms with Crippen LogP contribution in [0.25, 0.3) is 0 Å². The summed E-state index contributed by atoms with van der Waals surface area (Å²) in [5, 5.41) is 19.4. The van der Waals surface area contributed by atoms with Crippen molar-refractivity contribution in [1.29, 1.82) is 0 Å². The fourth-order valence-electron chi connectivity index (χ4n) is 1.98. The number of nitrogens with zero attached hydrogens (tertiary/aromatic N) is 1. The van der Waals surface area contributed by atoms with Gasteiger partial charge in [-0.2, -0.15) is 0 Å². The molecule has 1 aliphatic rings. The third kappa shape index (κ3) is 3.44. The first-order valence-corrected chi connectivity index (χ1v) is 7.46. The Morgan fingerprint density at radius 1 is 1.29 bits per heavy atom. The average molecular weight is 312 g/mol. The van der Waals surface area contributed by atoms with E-state index in [9.17, 15) is 23.3 Å². The minimum atomic E-state index is -3.85. The van der Waals surface area contributed by atoms with Gasteiger partial charge >= 0.3 is 5.97 Å². The molecule has 0 saturated carbocycles. The molecule has 0 radical (unpaired) electrons. The number of carboxylic acid groups (broad SMARTS) is 1. The maximum atomic E-state index is 12.1. The summed E-state index contributed by atoms with van der Waals surface area (Å²) in [5.74, 6) is -1.72. The largest absolute Gasteiger partial charge is 0.481 e. The van der Waals surface area contributed by atoms with Gasteiger partial charge in [0.25, 0.3) is 5.69 Å². The highest BCUT2D eigenvalue weighted by Crippen LogP contribution is 2.21. The van der Waals surface area contributed by atoms with Crippen LogP contribution in [0.15, 0.2) is 41.3 Å². The van der Waals surface area contributed by atoms with E-state index in [1.807, 2.05) is 0 Å². The highest BCUT2D eigenvalue weighted by atomic mass is 32.2. The number of carboxylic acids is 1. The minimum absolute atomic E-state index is 0.111. The van der Waals surface area contributed by atoms with E-state index in [0.29, 0.717) is 0 Å². The van der Waals surface area contributed by atoms with E-state index < -0.39 is 32.9 Å². The number of nitro groups is 1. The second kappa shape index (κ2) is 5.62. The second-order valence-corrected chi connectivity index (χ2v) is 6.26. The molecule has 0 heterocycles. The first kappa shape index (κ1) is 15.1. The fourth-order valence-corrected chi connectivity index (χ4v) is 3.19. The van der Waals surface area contributed by atoms with Gasteiger partial charge < -0.3 is 5.11 Å². The van der Waals surface area contributed by atoms with E-state index >= 15 is 0 Å². The maximum absolute atomic E-state index is 12.1. The van der Waals surface area contributed by atoms with E-state index in [4.69, 9.17) is 5.11 Å². The molecule has 0 aromatic heterocycles. The molecular weight excluding hydrogens is 300 g/mol. The Bertz CT molecular complexity index is 695. The highest BCUT2D eigenvalue weighted by molar-refractivity contribution is 7.89. The lowest BCUT2D eigenvalue weighted by Crippen LogP contribution is -2.33. The number of nitrogens with one attached hydrogen (secondary N) is 1. The van der Waals surface area contributed by atoms with E-state index in [1.54, 1.807) is 0 Å². The standard InChI is InChI=1S/C12H12N2O6S/c15-12(16)8-1-2-9(7-8)13-21(19,20)11-5-3-10(4-6-11)14(17)18/h1-6,8-9,13H,7H2,(H,15,16). The van der Waals surface area contributed by atoms with Gasteiger partial charge in [0.1, 0.15) is 0 Å². The van der Waals surface area contributed by atoms with Crippen molar-refractivity contribution >= 4 is 21.7 Å². The van der Waals surface area contributed by atoms with Crippen molar-refractivity contribution in [2.24, 2.45) is 5.92 Å². The molecule has 112 valence electrons. The van der Waals surface area contributed by atoms with E-state index in [1.165, 1.54) is 12.2 Å². The monoisotopic (exact) mass is 312 g/mol. The molecule has 0 fully saturated rings. The Balaban J connectivity index is 2.11. The van der Waals surface area contributed by atoms with E-state index in [-0.39, 0.29) is 17.0 Å². The summed E-state index contributed by atoms with van der Waals surface area (Å²) in [5.41, 5.74) is -0.208. The Morgan fingerprint density at radius 3 is 2.38 bits per heavy atom. The van der Waals surface area contributed by atoms with Crippen molar-refractivity contribution in [3.05, 3.63) is 46.5 Å². The average Bonchev–Trinajstić information content (AvgIpc) is 2.87. The van der Waals surface area contributed by atoms with Crippen molar-refractivity contribution in [1.82, 2.24) is 4.72 Å². The number of benzene rings is 1. The number of aliphatic carboxylic acids is 1. The molecule has 2 N–H and O–H groups in total. The molecule has 1 aromatic rings. The third-order valence-corrected chi connectivity index (χ3v) is 4.57. The minimum Gasteiger partial charge on any atom is -0.481 e. The van der Waals surface area contributed by atoms with Crippen LogP contribution in [-0.2, 0) is 14.8 Å². The Morgan fingerprint density at radius 2 is 1.90 bits per heavy atom. The molecule has 0 amide bonds. The highest BCUT2D eigenvalue weighted by Gasteiger charge is 2.28. The number of nitro benzene ring substituents is 1. The molecule has 8 nitrogen and oxygen atoms in total. The van der Waals surface area contributed by atoms with Gasteiger partial charge in [-0.05, 0) is 18.6 Å². The second-order valence-electron chi connectivity index (χ2n) is 4.54. The zero-order valence-electron chi connectivity index (χ0n) is 10.7. The molecule has 0 bridgehead atoms. The van der Waals surface area contributed by atoms with Gasteiger partial charge in [0, 0.05) is 18.2 Å². The normalized spacial score (nSPS) is 21.3. The summed E-state index contributed by atoms with van der Waals surface area (Å²) in [6.07, 6.45) is 3.06. The van der Waals surface area contributed by atoms with Gasteiger partial charge in [-0.1, -0.05) is 12.2 Å².